The van der Waals surface area contributed by atoms with Crippen molar-refractivity contribution in [2.24, 2.45) is 0 Å². The number of nitrogens with zero attached hydrogens (tertiary/aromatic N) is 1. The van der Waals surface area contributed by atoms with Gasteiger partial charge in [0.2, 0.25) is 5.91 Å². The molecule has 3 aromatic carbocycles. The van der Waals surface area contributed by atoms with E-state index < -0.39 is 18.0 Å². The van der Waals surface area contributed by atoms with Crippen LogP contribution < -0.4 is 20.3 Å². The van der Waals surface area contributed by atoms with Crippen LogP contribution in [-0.4, -0.2) is 37.5 Å². The van der Waals surface area contributed by atoms with E-state index in [0.717, 1.165) is 4.90 Å². The normalized spacial score (nSPS) is 15.4. The maximum atomic E-state index is 12.8. The Hall–Kier alpha value is -4.13. The molecule has 3 aromatic rings. The van der Waals surface area contributed by atoms with E-state index in [1.807, 2.05) is 36.4 Å². The highest BCUT2D eigenvalue weighted by molar-refractivity contribution is 6.22. The zero-order chi connectivity index (χ0) is 23.9. The van der Waals surface area contributed by atoms with Gasteiger partial charge in [0.05, 0.1) is 19.2 Å². The zero-order valence-electron chi connectivity index (χ0n) is 18.9. The molecule has 0 aromatic heterocycles. The Balaban J connectivity index is 1.34. The smallest absolute Gasteiger partial charge is 0.329 e. The summed E-state index contributed by atoms with van der Waals surface area (Å²) in [6.45, 7) is 0.449. The van der Waals surface area contributed by atoms with Crippen molar-refractivity contribution in [3.05, 3.63) is 96.1 Å². The molecule has 2 N–H and O–H groups in total. The average molecular weight is 458 g/mol. The van der Waals surface area contributed by atoms with E-state index in [0.29, 0.717) is 24.4 Å². The van der Waals surface area contributed by atoms with Crippen molar-refractivity contribution in [2.75, 3.05) is 18.6 Å². The van der Waals surface area contributed by atoms with E-state index in [2.05, 4.69) is 34.9 Å². The molecule has 1 heterocycles. The van der Waals surface area contributed by atoms with Crippen LogP contribution >= 0.6 is 0 Å². The Morgan fingerprint density at radius 2 is 1.53 bits per heavy atom. The molecule has 4 amide bonds. The van der Waals surface area contributed by atoms with Crippen molar-refractivity contribution in [3.63, 3.8) is 0 Å². The minimum absolute atomic E-state index is 0.113. The van der Waals surface area contributed by atoms with Gasteiger partial charge < -0.3 is 15.4 Å². The fourth-order valence-electron chi connectivity index (χ4n) is 4.16. The number of rotatable bonds is 9. The molecule has 174 valence electrons. The lowest BCUT2D eigenvalue weighted by molar-refractivity contribution is -0.125. The number of anilines is 1. The molecule has 1 saturated heterocycles. The van der Waals surface area contributed by atoms with E-state index in [1.165, 1.54) is 11.1 Å². The lowest BCUT2D eigenvalue weighted by Crippen LogP contribution is -2.37. The molecule has 1 unspecified atom stereocenters. The number of benzene rings is 3. The number of ether oxygens (including phenoxy) is 1. The van der Waals surface area contributed by atoms with E-state index in [-0.39, 0.29) is 18.2 Å². The van der Waals surface area contributed by atoms with Crippen LogP contribution in [0.3, 0.4) is 0 Å². The fraction of sp³-hybridized carbons (Fsp3) is 0.222. The van der Waals surface area contributed by atoms with E-state index >= 15 is 0 Å². The van der Waals surface area contributed by atoms with Crippen LogP contribution in [-0.2, 0) is 9.59 Å². The summed E-state index contributed by atoms with van der Waals surface area (Å²) in [4.78, 5) is 38.8. The zero-order valence-corrected chi connectivity index (χ0v) is 18.9. The van der Waals surface area contributed by atoms with Crippen molar-refractivity contribution >= 4 is 23.5 Å². The van der Waals surface area contributed by atoms with Gasteiger partial charge in [0.15, 0.2) is 0 Å². The average Bonchev–Trinajstić information content (AvgIpc) is 3.15. The topological polar surface area (TPSA) is 87.7 Å². The van der Waals surface area contributed by atoms with Crippen LogP contribution in [0, 0.1) is 0 Å². The van der Waals surface area contributed by atoms with Crippen molar-refractivity contribution < 1.29 is 19.1 Å². The summed E-state index contributed by atoms with van der Waals surface area (Å²) in [7, 11) is 1.54. The third kappa shape index (κ3) is 5.26. The highest BCUT2D eigenvalue weighted by atomic mass is 16.5. The first-order chi connectivity index (χ1) is 16.6. The Morgan fingerprint density at radius 3 is 2.09 bits per heavy atom. The molecule has 1 aliphatic rings. The van der Waals surface area contributed by atoms with Crippen LogP contribution in [0.1, 0.15) is 29.9 Å². The SMILES string of the molecule is COc1ccc(N2C(=O)NC(CC(=O)NCCC(c3ccccc3)c3ccccc3)C2=O)cc1. The minimum atomic E-state index is -0.895. The van der Waals surface area contributed by atoms with Gasteiger partial charge in [0.1, 0.15) is 11.8 Å². The van der Waals surface area contributed by atoms with Crippen molar-refractivity contribution in [1.29, 1.82) is 0 Å². The molecule has 7 heteroatoms. The number of carbonyl (C=O) groups excluding carboxylic acids is 3. The van der Waals surface area contributed by atoms with Crippen molar-refractivity contribution in [3.8, 4) is 5.75 Å². The molecule has 1 aliphatic heterocycles. The number of amides is 4. The number of imide groups is 1. The van der Waals surface area contributed by atoms with E-state index in [4.69, 9.17) is 4.74 Å². The summed E-state index contributed by atoms with van der Waals surface area (Å²) >= 11 is 0. The molecule has 0 aliphatic carbocycles. The predicted molar refractivity (Wildman–Crippen MR) is 130 cm³/mol. The van der Waals surface area contributed by atoms with Gasteiger partial charge in [-0.05, 0) is 41.8 Å². The number of hydrogen-bond donors (Lipinski definition) is 2. The van der Waals surface area contributed by atoms with Crippen LogP contribution in [0.5, 0.6) is 5.75 Å². The number of hydrogen-bond acceptors (Lipinski definition) is 4. The molecular formula is C27H27N3O4. The lowest BCUT2D eigenvalue weighted by atomic mass is 9.88. The third-order valence-electron chi connectivity index (χ3n) is 5.90. The van der Waals surface area contributed by atoms with E-state index in [1.54, 1.807) is 31.4 Å². The van der Waals surface area contributed by atoms with Gasteiger partial charge in [-0.1, -0.05) is 60.7 Å². The number of urea groups is 1. The van der Waals surface area contributed by atoms with Crippen LogP contribution in [0.25, 0.3) is 0 Å². The summed E-state index contributed by atoms with van der Waals surface area (Å²) < 4.78 is 5.11. The van der Waals surface area contributed by atoms with Gasteiger partial charge in [-0.3, -0.25) is 9.59 Å². The molecule has 1 atom stereocenters. The molecular weight excluding hydrogens is 430 g/mol. The second kappa shape index (κ2) is 10.7. The maximum Gasteiger partial charge on any atom is 0.329 e. The summed E-state index contributed by atoms with van der Waals surface area (Å²) in [5, 5.41) is 5.52. The number of nitrogens with one attached hydrogen (secondary N) is 2. The molecule has 0 saturated carbocycles. The van der Waals surface area contributed by atoms with Crippen LogP contribution in [0.4, 0.5) is 10.5 Å². The highest BCUT2D eigenvalue weighted by Gasteiger charge is 2.40. The summed E-state index contributed by atoms with van der Waals surface area (Å²) in [5.74, 6) is 0.0315. The fourth-order valence-corrected chi connectivity index (χ4v) is 4.16. The molecule has 0 bridgehead atoms. The van der Waals surface area contributed by atoms with Crippen molar-refractivity contribution in [2.45, 2.75) is 24.8 Å². The first-order valence-electron chi connectivity index (χ1n) is 11.2. The quantitative estimate of drug-likeness (QED) is 0.478. The standard InChI is InChI=1S/C27H27N3O4/c1-34-22-14-12-21(13-15-22)30-26(32)24(29-27(30)33)18-25(31)28-17-16-23(19-8-4-2-5-9-19)20-10-6-3-7-11-20/h2-15,23-24H,16-18H2,1H3,(H,28,31)(H,29,33). The molecule has 34 heavy (non-hydrogen) atoms. The number of carbonyl (C=O) groups is 3. The Kier molecular flexibility index (Phi) is 7.22. The first-order valence-corrected chi connectivity index (χ1v) is 11.2. The first kappa shape index (κ1) is 23.0. The van der Waals surface area contributed by atoms with Gasteiger partial charge in [-0.2, -0.15) is 0 Å². The second-order valence-corrected chi connectivity index (χ2v) is 8.09. The van der Waals surface area contributed by atoms with Gasteiger partial charge >= 0.3 is 6.03 Å². The minimum Gasteiger partial charge on any atom is -0.497 e. The predicted octanol–water partition coefficient (Wildman–Crippen LogP) is 3.85. The molecule has 0 radical (unpaired) electrons. The number of methoxy groups -OCH3 is 1. The largest absolute Gasteiger partial charge is 0.497 e. The Labute approximate surface area is 198 Å². The molecule has 4 rings (SSSR count). The van der Waals surface area contributed by atoms with Gasteiger partial charge in [-0.15, -0.1) is 0 Å². The summed E-state index contributed by atoms with van der Waals surface area (Å²) in [6.07, 6.45) is 0.598. The summed E-state index contributed by atoms with van der Waals surface area (Å²) in [6, 6.07) is 25.5. The van der Waals surface area contributed by atoms with Gasteiger partial charge in [0.25, 0.3) is 5.91 Å². The van der Waals surface area contributed by atoms with Gasteiger partial charge in [0, 0.05) is 12.5 Å². The molecule has 1 fully saturated rings. The van der Waals surface area contributed by atoms with Gasteiger partial charge in [-0.25, -0.2) is 9.69 Å². The lowest BCUT2D eigenvalue weighted by Gasteiger charge is -2.19. The Bertz CT molecular complexity index is 1090. The van der Waals surface area contributed by atoms with Crippen molar-refractivity contribution in [1.82, 2.24) is 10.6 Å². The van der Waals surface area contributed by atoms with E-state index in [9.17, 15) is 14.4 Å². The maximum absolute atomic E-state index is 12.8. The monoisotopic (exact) mass is 457 g/mol. The Morgan fingerprint density at radius 1 is 0.941 bits per heavy atom. The highest BCUT2D eigenvalue weighted by Crippen LogP contribution is 2.27. The third-order valence-corrected chi connectivity index (χ3v) is 5.90. The second-order valence-electron chi connectivity index (χ2n) is 8.09. The van der Waals surface area contributed by atoms with Crippen LogP contribution in [0.2, 0.25) is 0 Å². The summed E-state index contributed by atoms with van der Waals surface area (Å²) in [5.41, 5.74) is 2.78. The molecule has 7 nitrogen and oxygen atoms in total. The van der Waals surface area contributed by atoms with Crippen LogP contribution in [0.15, 0.2) is 84.9 Å². The molecule has 0 spiro atoms.